The molecule has 0 saturated heterocycles. The second-order valence-electron chi connectivity index (χ2n) is 13.8. The van der Waals surface area contributed by atoms with Crippen LogP contribution >= 0.6 is 22.7 Å². The van der Waals surface area contributed by atoms with Crippen molar-refractivity contribution in [3.8, 4) is 33.0 Å². The SMILES string of the molecule is CCCCC(CC)CN1C(=O)C2=C(c3ccc(-c4ccc(C#N)cc4)s3)N(CC(CC)CCCC)C(=O)C2=C1c1ccc(-c2ccc(C#N)cc2)s1. The highest BCUT2D eigenvalue weighted by Crippen LogP contribution is 2.50. The third-order valence-electron chi connectivity index (χ3n) is 10.4. The maximum absolute atomic E-state index is 15.0. The van der Waals surface area contributed by atoms with E-state index in [4.69, 9.17) is 0 Å². The Balaban J connectivity index is 1.51. The first kappa shape index (κ1) is 37.0. The van der Waals surface area contributed by atoms with Crippen LogP contribution in [0.25, 0.3) is 32.3 Å². The van der Waals surface area contributed by atoms with Crippen molar-refractivity contribution in [2.24, 2.45) is 11.8 Å². The van der Waals surface area contributed by atoms with E-state index in [1.165, 1.54) is 0 Å². The molecule has 52 heavy (non-hydrogen) atoms. The lowest BCUT2D eigenvalue weighted by atomic mass is 9.98. The first-order chi connectivity index (χ1) is 25.3. The molecule has 2 aliphatic rings. The zero-order valence-electron chi connectivity index (χ0n) is 30.6. The fourth-order valence-electron chi connectivity index (χ4n) is 7.27. The van der Waals surface area contributed by atoms with Gasteiger partial charge in [-0.3, -0.25) is 9.59 Å². The molecule has 0 spiro atoms. The number of benzene rings is 2. The second kappa shape index (κ2) is 16.7. The van der Waals surface area contributed by atoms with Gasteiger partial charge in [0.25, 0.3) is 11.8 Å². The topological polar surface area (TPSA) is 88.2 Å². The molecule has 2 atom stereocenters. The molecule has 0 radical (unpaired) electrons. The van der Waals surface area contributed by atoms with Crippen LogP contribution in [-0.2, 0) is 9.59 Å². The highest BCUT2D eigenvalue weighted by molar-refractivity contribution is 7.17. The van der Waals surface area contributed by atoms with E-state index in [1.807, 2.05) is 58.3 Å². The number of hydrogen-bond donors (Lipinski definition) is 0. The smallest absolute Gasteiger partial charge is 0.261 e. The number of carbonyl (C=O) groups is 2. The van der Waals surface area contributed by atoms with Crippen LogP contribution in [0.5, 0.6) is 0 Å². The first-order valence-corrected chi connectivity index (χ1v) is 20.3. The van der Waals surface area contributed by atoms with E-state index in [1.54, 1.807) is 22.7 Å². The Kier molecular flexibility index (Phi) is 11.9. The van der Waals surface area contributed by atoms with E-state index >= 15 is 0 Å². The van der Waals surface area contributed by atoms with E-state index < -0.39 is 0 Å². The number of unbranched alkanes of at least 4 members (excludes halogenated alkanes) is 2. The Morgan fingerprint density at radius 2 is 0.923 bits per heavy atom. The largest absolute Gasteiger partial charge is 0.306 e. The van der Waals surface area contributed by atoms with Gasteiger partial charge in [0.05, 0.1) is 55.6 Å². The minimum absolute atomic E-state index is 0.0888. The summed E-state index contributed by atoms with van der Waals surface area (Å²) in [4.78, 5) is 37.7. The van der Waals surface area contributed by atoms with Crippen LogP contribution < -0.4 is 0 Å². The molecule has 2 unspecified atom stereocenters. The van der Waals surface area contributed by atoms with Crippen molar-refractivity contribution in [2.45, 2.75) is 79.1 Å². The van der Waals surface area contributed by atoms with Gasteiger partial charge in [0, 0.05) is 22.8 Å². The summed E-state index contributed by atoms with van der Waals surface area (Å²) in [5.74, 6) is 0.452. The van der Waals surface area contributed by atoms with Crippen LogP contribution in [0, 0.1) is 34.5 Å². The standard InChI is InChI=1S/C44H46N4O2S2/c1-5-9-11-29(7-3)27-47-41(37-23-21-35(51-37)33-17-13-31(25-45)14-18-33)39-40(43(47)49)42(48(44(39)50)28-30(8-4)12-10-6-2)38-24-22-36(52-38)34-19-15-32(26-46)16-20-34/h13-24,29-30H,5-12,27-28H2,1-4H3. The summed E-state index contributed by atoms with van der Waals surface area (Å²) in [5.41, 5.74) is 5.72. The molecule has 0 fully saturated rings. The molecular weight excluding hydrogens is 681 g/mol. The lowest BCUT2D eigenvalue weighted by Gasteiger charge is -2.29. The van der Waals surface area contributed by atoms with E-state index in [2.05, 4.69) is 64.1 Å². The van der Waals surface area contributed by atoms with Gasteiger partial charge in [0.2, 0.25) is 0 Å². The quantitative estimate of drug-likeness (QED) is 0.115. The molecule has 0 aliphatic carbocycles. The minimum Gasteiger partial charge on any atom is -0.306 e. The third kappa shape index (κ3) is 7.42. The summed E-state index contributed by atoms with van der Waals surface area (Å²) < 4.78 is 0. The number of nitrogens with zero attached hydrogens (tertiary/aromatic N) is 4. The van der Waals surface area contributed by atoms with Crippen LogP contribution in [0.4, 0.5) is 0 Å². The van der Waals surface area contributed by atoms with Gasteiger partial charge in [-0.1, -0.05) is 90.5 Å². The number of fused-ring (bicyclic) bond motifs is 1. The monoisotopic (exact) mass is 726 g/mol. The first-order valence-electron chi connectivity index (χ1n) is 18.7. The van der Waals surface area contributed by atoms with Crippen molar-refractivity contribution in [3.63, 3.8) is 0 Å². The number of amides is 2. The van der Waals surface area contributed by atoms with Crippen LogP contribution in [0.2, 0.25) is 0 Å². The normalized spacial score (nSPS) is 15.3. The molecule has 2 aromatic heterocycles. The summed E-state index contributed by atoms with van der Waals surface area (Å²) in [7, 11) is 0. The summed E-state index contributed by atoms with van der Waals surface area (Å²) in [6, 6.07) is 27.7. The summed E-state index contributed by atoms with van der Waals surface area (Å²) in [5, 5.41) is 18.7. The Hall–Kier alpha value is -4.76. The van der Waals surface area contributed by atoms with Crippen LogP contribution in [0.15, 0.2) is 83.9 Å². The zero-order chi connectivity index (χ0) is 36.8. The summed E-state index contributed by atoms with van der Waals surface area (Å²) in [6.45, 7) is 9.91. The molecule has 2 aliphatic heterocycles. The van der Waals surface area contributed by atoms with Gasteiger partial charge in [-0.2, -0.15) is 10.5 Å². The van der Waals surface area contributed by atoms with Gasteiger partial charge in [0.1, 0.15) is 0 Å². The minimum atomic E-state index is -0.0888. The van der Waals surface area contributed by atoms with Crippen molar-refractivity contribution in [1.29, 1.82) is 10.5 Å². The Bertz CT molecular complexity index is 1920. The molecule has 0 bridgehead atoms. The number of hydrogen-bond acceptors (Lipinski definition) is 6. The van der Waals surface area contributed by atoms with Crippen LogP contribution in [-0.4, -0.2) is 34.7 Å². The average molecular weight is 727 g/mol. The van der Waals surface area contributed by atoms with Crippen molar-refractivity contribution < 1.29 is 9.59 Å². The van der Waals surface area contributed by atoms with Crippen molar-refractivity contribution in [1.82, 2.24) is 9.80 Å². The van der Waals surface area contributed by atoms with E-state index in [-0.39, 0.29) is 11.8 Å². The van der Waals surface area contributed by atoms with Gasteiger partial charge < -0.3 is 9.80 Å². The Morgan fingerprint density at radius 3 is 1.25 bits per heavy atom. The lowest BCUT2D eigenvalue weighted by molar-refractivity contribution is -0.124. The van der Waals surface area contributed by atoms with Crippen LogP contribution in [0.3, 0.4) is 0 Å². The average Bonchev–Trinajstić information content (AvgIpc) is 3.97. The summed E-state index contributed by atoms with van der Waals surface area (Å²) in [6.07, 6.45) is 8.34. The second-order valence-corrected chi connectivity index (χ2v) is 16.0. The molecule has 0 saturated carbocycles. The van der Waals surface area contributed by atoms with Crippen molar-refractivity contribution in [2.75, 3.05) is 13.1 Å². The molecule has 6 rings (SSSR count). The Morgan fingerprint density at radius 1 is 0.558 bits per heavy atom. The zero-order valence-corrected chi connectivity index (χ0v) is 32.2. The molecule has 2 amide bonds. The highest BCUT2D eigenvalue weighted by atomic mass is 32.1. The number of thiophene rings is 2. The molecule has 4 aromatic rings. The van der Waals surface area contributed by atoms with Crippen molar-refractivity contribution in [3.05, 3.63) is 105 Å². The number of rotatable bonds is 16. The van der Waals surface area contributed by atoms with E-state index in [9.17, 15) is 20.1 Å². The van der Waals surface area contributed by atoms with Crippen LogP contribution in [0.1, 0.15) is 99.9 Å². The molecule has 6 nitrogen and oxygen atoms in total. The van der Waals surface area contributed by atoms with Gasteiger partial charge in [-0.05, 0) is 84.3 Å². The lowest BCUT2D eigenvalue weighted by Crippen LogP contribution is -2.34. The molecule has 4 heterocycles. The number of nitriles is 2. The van der Waals surface area contributed by atoms with Crippen molar-refractivity contribution >= 4 is 45.9 Å². The highest BCUT2D eigenvalue weighted by Gasteiger charge is 2.50. The summed E-state index contributed by atoms with van der Waals surface area (Å²) >= 11 is 3.18. The molecule has 0 N–H and O–H groups in total. The molecular formula is C44H46N4O2S2. The predicted molar refractivity (Wildman–Crippen MR) is 213 cm³/mol. The predicted octanol–water partition coefficient (Wildman–Crippen LogP) is 11.1. The molecule has 2 aromatic carbocycles. The van der Waals surface area contributed by atoms with E-state index in [0.717, 1.165) is 93.4 Å². The maximum atomic E-state index is 15.0. The maximum Gasteiger partial charge on any atom is 0.261 e. The fourth-order valence-corrected chi connectivity index (χ4v) is 9.41. The number of carbonyl (C=O) groups excluding carboxylic acids is 2. The molecule has 8 heteroatoms. The van der Waals surface area contributed by atoms with Gasteiger partial charge in [0.15, 0.2) is 0 Å². The molecule has 266 valence electrons. The van der Waals surface area contributed by atoms with Gasteiger partial charge in [-0.15, -0.1) is 22.7 Å². The fraction of sp³-hybridized carbons (Fsp3) is 0.364. The van der Waals surface area contributed by atoms with Gasteiger partial charge >= 0.3 is 0 Å². The third-order valence-corrected chi connectivity index (χ3v) is 12.7. The Labute approximate surface area is 316 Å². The van der Waals surface area contributed by atoms with Gasteiger partial charge in [-0.25, -0.2) is 0 Å². The van der Waals surface area contributed by atoms with E-state index in [0.29, 0.717) is 47.2 Å².